The van der Waals surface area contributed by atoms with Crippen molar-refractivity contribution in [1.29, 1.82) is 0 Å². The summed E-state index contributed by atoms with van der Waals surface area (Å²) in [5.41, 5.74) is 1.25. The first-order valence-corrected chi connectivity index (χ1v) is 8.19. The van der Waals surface area contributed by atoms with Gasteiger partial charge in [-0.25, -0.2) is 0 Å². The van der Waals surface area contributed by atoms with Crippen LogP contribution in [0, 0.1) is 0 Å². The molecule has 1 N–H and O–H groups in total. The second-order valence-electron chi connectivity index (χ2n) is 4.80. The minimum Gasteiger partial charge on any atom is -0.494 e. The van der Waals surface area contributed by atoms with Gasteiger partial charge in [0.15, 0.2) is 0 Å². The Labute approximate surface area is 126 Å². The average Bonchev–Trinajstić information content (AvgIpc) is 2.43. The predicted octanol–water partition coefficient (Wildman–Crippen LogP) is 4.91. The van der Waals surface area contributed by atoms with Gasteiger partial charge in [-0.3, -0.25) is 0 Å². The number of nitrogens with one attached hydrogen (secondary N) is 1. The molecule has 0 aliphatic carbocycles. The van der Waals surface area contributed by atoms with E-state index in [0.717, 1.165) is 36.3 Å². The molecule has 0 atom stereocenters. The van der Waals surface area contributed by atoms with Crippen LogP contribution in [-0.4, -0.2) is 13.2 Å². The van der Waals surface area contributed by atoms with Gasteiger partial charge >= 0.3 is 0 Å². The highest BCUT2D eigenvalue weighted by Gasteiger charge is 2.02. The molecule has 2 nitrogen and oxygen atoms in total. The van der Waals surface area contributed by atoms with Crippen LogP contribution in [0.15, 0.2) is 22.7 Å². The molecule has 1 rings (SSSR count). The van der Waals surface area contributed by atoms with E-state index in [0.29, 0.717) is 0 Å². The van der Waals surface area contributed by atoms with Crippen LogP contribution >= 0.6 is 15.9 Å². The van der Waals surface area contributed by atoms with Crippen molar-refractivity contribution in [3.8, 4) is 5.75 Å². The van der Waals surface area contributed by atoms with Crippen LogP contribution in [0.5, 0.6) is 5.75 Å². The van der Waals surface area contributed by atoms with Gasteiger partial charge in [-0.2, -0.15) is 0 Å². The number of halogens is 1. The molecule has 0 aliphatic rings. The van der Waals surface area contributed by atoms with E-state index in [-0.39, 0.29) is 0 Å². The molecule has 3 heteroatoms. The molecular formula is C16H26BrNO. The monoisotopic (exact) mass is 327 g/mol. The van der Waals surface area contributed by atoms with Gasteiger partial charge in [-0.1, -0.05) is 55.5 Å². The maximum Gasteiger partial charge on any atom is 0.119 e. The fourth-order valence-corrected chi connectivity index (χ4v) is 2.32. The fraction of sp³-hybridized carbons (Fsp3) is 0.625. The third-order valence-electron chi connectivity index (χ3n) is 3.10. The van der Waals surface area contributed by atoms with Crippen molar-refractivity contribution in [3.05, 3.63) is 28.2 Å². The normalized spacial score (nSPS) is 10.7. The minimum atomic E-state index is 0.825. The van der Waals surface area contributed by atoms with Crippen molar-refractivity contribution in [3.63, 3.8) is 0 Å². The zero-order chi connectivity index (χ0) is 13.9. The van der Waals surface area contributed by atoms with E-state index in [1.165, 1.54) is 31.2 Å². The molecule has 0 amide bonds. The second-order valence-corrected chi connectivity index (χ2v) is 5.65. The maximum atomic E-state index is 5.81. The van der Waals surface area contributed by atoms with Crippen LogP contribution in [-0.2, 0) is 6.54 Å². The summed E-state index contributed by atoms with van der Waals surface area (Å²) >= 11 is 3.58. The number of ether oxygens (including phenoxy) is 1. The Hall–Kier alpha value is -0.540. The van der Waals surface area contributed by atoms with E-state index < -0.39 is 0 Å². The smallest absolute Gasteiger partial charge is 0.119 e. The Bertz CT molecular complexity index is 355. The summed E-state index contributed by atoms with van der Waals surface area (Å²) in [5.74, 6) is 0.978. The number of unbranched alkanes of at least 4 members (excludes halogenated alkanes) is 4. The van der Waals surface area contributed by atoms with Crippen molar-refractivity contribution >= 4 is 15.9 Å². The average molecular weight is 328 g/mol. The lowest BCUT2D eigenvalue weighted by Gasteiger charge is -2.10. The Morgan fingerprint density at radius 3 is 2.63 bits per heavy atom. The molecular weight excluding hydrogens is 302 g/mol. The standard InChI is InChI=1S/C16H26BrNO/c1-3-5-6-7-8-11-19-15-9-10-16(17)14(12-15)13-18-4-2/h9-10,12,18H,3-8,11,13H2,1-2H3. The molecule has 0 saturated carbocycles. The van der Waals surface area contributed by atoms with Crippen LogP contribution in [0.3, 0.4) is 0 Å². The van der Waals surface area contributed by atoms with E-state index in [4.69, 9.17) is 4.74 Å². The Kier molecular flexibility index (Phi) is 8.93. The summed E-state index contributed by atoms with van der Waals surface area (Å²) in [4.78, 5) is 0. The fourth-order valence-electron chi connectivity index (χ4n) is 1.93. The number of hydrogen-bond acceptors (Lipinski definition) is 2. The molecule has 0 bridgehead atoms. The largest absolute Gasteiger partial charge is 0.494 e. The van der Waals surface area contributed by atoms with Gasteiger partial charge in [-0.05, 0) is 36.7 Å². The SMILES string of the molecule is CCCCCCCOc1ccc(Br)c(CNCC)c1. The summed E-state index contributed by atoms with van der Waals surface area (Å²) < 4.78 is 6.96. The van der Waals surface area contributed by atoms with Crippen molar-refractivity contribution < 1.29 is 4.74 Å². The minimum absolute atomic E-state index is 0.825. The molecule has 0 saturated heterocycles. The summed E-state index contributed by atoms with van der Waals surface area (Å²) in [7, 11) is 0. The molecule has 1 aromatic rings. The third kappa shape index (κ3) is 6.98. The van der Waals surface area contributed by atoms with Gasteiger partial charge in [0.2, 0.25) is 0 Å². The Balaban J connectivity index is 2.33. The van der Waals surface area contributed by atoms with Crippen molar-refractivity contribution in [1.82, 2.24) is 5.32 Å². The van der Waals surface area contributed by atoms with Gasteiger partial charge in [-0.15, -0.1) is 0 Å². The summed E-state index contributed by atoms with van der Waals surface area (Å²) in [5, 5.41) is 3.34. The van der Waals surface area contributed by atoms with Crippen molar-refractivity contribution in [2.45, 2.75) is 52.5 Å². The summed E-state index contributed by atoms with van der Waals surface area (Å²) in [6, 6.07) is 6.23. The number of rotatable bonds is 10. The van der Waals surface area contributed by atoms with Crippen LogP contribution in [0.25, 0.3) is 0 Å². The number of hydrogen-bond donors (Lipinski definition) is 1. The molecule has 0 aliphatic heterocycles. The molecule has 1 aromatic carbocycles. The van der Waals surface area contributed by atoms with Crippen LogP contribution < -0.4 is 10.1 Å². The molecule has 0 fully saturated rings. The van der Waals surface area contributed by atoms with Crippen molar-refractivity contribution in [2.24, 2.45) is 0 Å². The third-order valence-corrected chi connectivity index (χ3v) is 3.87. The molecule has 0 unspecified atom stereocenters. The zero-order valence-corrected chi connectivity index (χ0v) is 13.8. The number of benzene rings is 1. The topological polar surface area (TPSA) is 21.3 Å². The summed E-state index contributed by atoms with van der Waals surface area (Å²) in [6.45, 7) is 7.04. The molecule has 0 spiro atoms. The first-order valence-electron chi connectivity index (χ1n) is 7.39. The Morgan fingerprint density at radius 2 is 1.89 bits per heavy atom. The maximum absolute atomic E-state index is 5.81. The van der Waals surface area contributed by atoms with Gasteiger partial charge in [0.05, 0.1) is 6.61 Å². The van der Waals surface area contributed by atoms with Crippen molar-refractivity contribution in [2.75, 3.05) is 13.2 Å². The molecule has 108 valence electrons. The highest BCUT2D eigenvalue weighted by Crippen LogP contribution is 2.22. The van der Waals surface area contributed by atoms with Gasteiger partial charge in [0.1, 0.15) is 5.75 Å². The lowest BCUT2D eigenvalue weighted by molar-refractivity contribution is 0.304. The van der Waals surface area contributed by atoms with E-state index in [9.17, 15) is 0 Å². The lowest BCUT2D eigenvalue weighted by Crippen LogP contribution is -2.12. The second kappa shape index (κ2) is 10.3. The molecule has 0 radical (unpaired) electrons. The quantitative estimate of drug-likeness (QED) is 0.616. The predicted molar refractivity (Wildman–Crippen MR) is 85.8 cm³/mol. The molecule has 19 heavy (non-hydrogen) atoms. The summed E-state index contributed by atoms with van der Waals surface area (Å²) in [6.07, 6.45) is 6.38. The van der Waals surface area contributed by atoms with E-state index >= 15 is 0 Å². The highest BCUT2D eigenvalue weighted by molar-refractivity contribution is 9.10. The van der Waals surface area contributed by atoms with Crippen LogP contribution in [0.1, 0.15) is 51.5 Å². The van der Waals surface area contributed by atoms with Gasteiger partial charge in [0.25, 0.3) is 0 Å². The van der Waals surface area contributed by atoms with Crippen LogP contribution in [0.4, 0.5) is 0 Å². The van der Waals surface area contributed by atoms with Crippen LogP contribution in [0.2, 0.25) is 0 Å². The first kappa shape index (κ1) is 16.5. The van der Waals surface area contributed by atoms with E-state index in [1.807, 2.05) is 6.07 Å². The molecule has 0 heterocycles. The lowest BCUT2D eigenvalue weighted by atomic mass is 10.2. The van der Waals surface area contributed by atoms with Gasteiger partial charge in [0, 0.05) is 11.0 Å². The van der Waals surface area contributed by atoms with E-state index in [1.54, 1.807) is 0 Å². The van der Waals surface area contributed by atoms with E-state index in [2.05, 4.69) is 47.2 Å². The highest BCUT2D eigenvalue weighted by atomic mass is 79.9. The van der Waals surface area contributed by atoms with Gasteiger partial charge < -0.3 is 10.1 Å². The molecule has 0 aromatic heterocycles. The Morgan fingerprint density at radius 1 is 1.11 bits per heavy atom. The zero-order valence-electron chi connectivity index (χ0n) is 12.2. The first-order chi connectivity index (χ1) is 9.27.